The van der Waals surface area contributed by atoms with E-state index in [0.717, 1.165) is 17.7 Å². The smallest absolute Gasteiger partial charge is 0.117 e. The molecule has 0 aliphatic heterocycles. The second-order valence-corrected chi connectivity index (χ2v) is 5.67. The highest BCUT2D eigenvalue weighted by Crippen LogP contribution is 2.36. The molecule has 0 saturated carbocycles. The number of hydrogen-bond acceptors (Lipinski definition) is 2. The Bertz CT molecular complexity index is 556. The minimum atomic E-state index is -1.07. The molecule has 2 rings (SSSR count). The minimum absolute atomic E-state index is 0.591. The molecular formula is C17H20ClNO. The van der Waals surface area contributed by atoms with Gasteiger partial charge in [0.25, 0.3) is 0 Å². The van der Waals surface area contributed by atoms with Crippen molar-refractivity contribution >= 4 is 11.6 Å². The summed E-state index contributed by atoms with van der Waals surface area (Å²) in [5.74, 6) is 0. The van der Waals surface area contributed by atoms with Crippen molar-refractivity contribution < 1.29 is 5.11 Å². The van der Waals surface area contributed by atoms with Gasteiger partial charge < -0.3 is 10.0 Å². The molecule has 2 nitrogen and oxygen atoms in total. The van der Waals surface area contributed by atoms with Gasteiger partial charge in [0.1, 0.15) is 5.60 Å². The van der Waals surface area contributed by atoms with E-state index in [2.05, 4.69) is 4.90 Å². The maximum Gasteiger partial charge on any atom is 0.117 e. The van der Waals surface area contributed by atoms with E-state index in [4.69, 9.17) is 11.6 Å². The van der Waals surface area contributed by atoms with E-state index >= 15 is 0 Å². The number of rotatable bonds is 5. The molecule has 106 valence electrons. The normalized spacial score (nSPS) is 14.2. The highest BCUT2D eigenvalue weighted by atomic mass is 35.5. The first-order valence-corrected chi connectivity index (χ1v) is 7.09. The van der Waals surface area contributed by atoms with E-state index in [9.17, 15) is 5.11 Å². The summed E-state index contributed by atoms with van der Waals surface area (Å²) >= 11 is 6.30. The molecular weight excluding hydrogens is 270 g/mol. The Hall–Kier alpha value is -1.35. The summed E-state index contributed by atoms with van der Waals surface area (Å²) in [6, 6.07) is 17.2. The number of aliphatic hydroxyl groups is 1. The van der Waals surface area contributed by atoms with Crippen molar-refractivity contribution in [2.24, 2.45) is 0 Å². The maximum absolute atomic E-state index is 11.3. The summed E-state index contributed by atoms with van der Waals surface area (Å²) < 4.78 is 0. The summed E-state index contributed by atoms with van der Waals surface area (Å²) in [6.07, 6.45) is 0.591. The molecule has 3 heteroatoms. The largest absolute Gasteiger partial charge is 0.380 e. The Morgan fingerprint density at radius 1 is 1.00 bits per heavy atom. The van der Waals surface area contributed by atoms with Crippen LogP contribution in [0.15, 0.2) is 54.6 Å². The standard InChI is InChI=1S/C17H20ClNO/c1-19(2)13-12-17(20,14-8-4-3-5-9-14)15-10-6-7-11-16(15)18/h3-11,20H,12-13H2,1-2H3. The van der Waals surface area contributed by atoms with Crippen molar-refractivity contribution in [3.05, 3.63) is 70.7 Å². The molecule has 0 amide bonds. The maximum atomic E-state index is 11.3. The average Bonchev–Trinajstić information content (AvgIpc) is 2.46. The summed E-state index contributed by atoms with van der Waals surface area (Å²) in [5, 5.41) is 11.9. The Balaban J connectivity index is 2.47. The van der Waals surface area contributed by atoms with Crippen molar-refractivity contribution in [3.8, 4) is 0 Å². The van der Waals surface area contributed by atoms with E-state index in [0.29, 0.717) is 11.4 Å². The van der Waals surface area contributed by atoms with Crippen LogP contribution >= 0.6 is 11.6 Å². The van der Waals surface area contributed by atoms with Crippen LogP contribution in [0.3, 0.4) is 0 Å². The van der Waals surface area contributed by atoms with E-state index in [1.54, 1.807) is 0 Å². The van der Waals surface area contributed by atoms with Gasteiger partial charge in [-0.2, -0.15) is 0 Å². The van der Waals surface area contributed by atoms with Crippen molar-refractivity contribution in [1.82, 2.24) is 4.90 Å². The van der Waals surface area contributed by atoms with E-state index in [-0.39, 0.29) is 0 Å². The Morgan fingerprint density at radius 3 is 2.20 bits per heavy atom. The molecule has 0 spiro atoms. The SMILES string of the molecule is CN(C)CCC(O)(c1ccccc1)c1ccccc1Cl. The van der Waals surface area contributed by atoms with Crippen LogP contribution in [-0.2, 0) is 5.60 Å². The zero-order chi connectivity index (χ0) is 14.6. The molecule has 2 aromatic carbocycles. The van der Waals surface area contributed by atoms with Gasteiger partial charge in [0.2, 0.25) is 0 Å². The highest BCUT2D eigenvalue weighted by molar-refractivity contribution is 6.31. The second kappa shape index (κ2) is 6.40. The first kappa shape index (κ1) is 15.0. The first-order chi connectivity index (χ1) is 9.54. The molecule has 2 aromatic rings. The third kappa shape index (κ3) is 3.21. The zero-order valence-corrected chi connectivity index (χ0v) is 12.6. The summed E-state index contributed by atoms with van der Waals surface area (Å²) in [7, 11) is 4.00. The van der Waals surface area contributed by atoms with Gasteiger partial charge in [0.15, 0.2) is 0 Å². The number of halogens is 1. The summed E-state index contributed by atoms with van der Waals surface area (Å²) in [6.45, 7) is 0.774. The van der Waals surface area contributed by atoms with E-state index < -0.39 is 5.60 Å². The molecule has 0 heterocycles. The topological polar surface area (TPSA) is 23.5 Å². The van der Waals surface area contributed by atoms with Gasteiger partial charge in [-0.3, -0.25) is 0 Å². The second-order valence-electron chi connectivity index (χ2n) is 5.26. The molecule has 0 aromatic heterocycles. The zero-order valence-electron chi connectivity index (χ0n) is 11.9. The van der Waals surface area contributed by atoms with Crippen molar-refractivity contribution in [2.45, 2.75) is 12.0 Å². The van der Waals surface area contributed by atoms with Crippen LogP contribution in [-0.4, -0.2) is 30.6 Å². The predicted molar refractivity (Wildman–Crippen MR) is 84.1 cm³/mol. The number of hydrogen-bond donors (Lipinski definition) is 1. The third-order valence-electron chi connectivity index (χ3n) is 3.49. The van der Waals surface area contributed by atoms with Gasteiger partial charge in [-0.05, 0) is 32.1 Å². The molecule has 1 unspecified atom stereocenters. The van der Waals surface area contributed by atoms with Crippen LogP contribution in [0.4, 0.5) is 0 Å². The average molecular weight is 290 g/mol. The number of benzene rings is 2. The quantitative estimate of drug-likeness (QED) is 0.910. The van der Waals surface area contributed by atoms with Gasteiger partial charge in [-0.25, -0.2) is 0 Å². The van der Waals surface area contributed by atoms with E-state index in [1.165, 1.54) is 0 Å². The number of nitrogens with zero attached hydrogens (tertiary/aromatic N) is 1. The molecule has 0 saturated heterocycles. The van der Waals surface area contributed by atoms with Gasteiger partial charge in [0, 0.05) is 17.1 Å². The van der Waals surface area contributed by atoms with Crippen molar-refractivity contribution in [1.29, 1.82) is 0 Å². The fourth-order valence-corrected chi connectivity index (χ4v) is 2.62. The Morgan fingerprint density at radius 2 is 1.60 bits per heavy atom. The fraction of sp³-hybridized carbons (Fsp3) is 0.294. The van der Waals surface area contributed by atoms with Gasteiger partial charge in [-0.15, -0.1) is 0 Å². The van der Waals surface area contributed by atoms with Crippen molar-refractivity contribution in [2.75, 3.05) is 20.6 Å². The molecule has 1 atom stereocenters. The predicted octanol–water partition coefficient (Wildman–Crippen LogP) is 3.53. The Kier molecular flexibility index (Phi) is 4.81. The lowest BCUT2D eigenvalue weighted by molar-refractivity contribution is 0.0630. The molecule has 0 radical (unpaired) electrons. The Labute approximate surface area is 125 Å². The third-order valence-corrected chi connectivity index (χ3v) is 3.82. The molecule has 0 aliphatic carbocycles. The van der Waals surface area contributed by atoms with Crippen molar-refractivity contribution in [3.63, 3.8) is 0 Å². The highest BCUT2D eigenvalue weighted by Gasteiger charge is 2.32. The lowest BCUT2D eigenvalue weighted by Gasteiger charge is -2.31. The van der Waals surface area contributed by atoms with Crippen LogP contribution in [0.2, 0.25) is 5.02 Å². The van der Waals surface area contributed by atoms with Crippen LogP contribution in [0.5, 0.6) is 0 Å². The van der Waals surface area contributed by atoms with Gasteiger partial charge >= 0.3 is 0 Å². The van der Waals surface area contributed by atoms with Gasteiger partial charge in [-0.1, -0.05) is 60.1 Å². The lowest BCUT2D eigenvalue weighted by Crippen LogP contribution is -2.32. The monoisotopic (exact) mass is 289 g/mol. The molecule has 0 aliphatic rings. The molecule has 20 heavy (non-hydrogen) atoms. The molecule has 0 bridgehead atoms. The van der Waals surface area contributed by atoms with Crippen LogP contribution in [0.1, 0.15) is 17.5 Å². The van der Waals surface area contributed by atoms with E-state index in [1.807, 2.05) is 68.7 Å². The van der Waals surface area contributed by atoms with Crippen LogP contribution in [0.25, 0.3) is 0 Å². The van der Waals surface area contributed by atoms with Crippen LogP contribution < -0.4 is 0 Å². The first-order valence-electron chi connectivity index (χ1n) is 6.71. The minimum Gasteiger partial charge on any atom is -0.380 e. The molecule has 1 N–H and O–H groups in total. The van der Waals surface area contributed by atoms with Crippen LogP contribution in [0, 0.1) is 0 Å². The lowest BCUT2D eigenvalue weighted by atomic mass is 9.83. The summed E-state index contributed by atoms with van der Waals surface area (Å²) in [5.41, 5.74) is 0.564. The van der Waals surface area contributed by atoms with Gasteiger partial charge in [0.05, 0.1) is 0 Å². The fourth-order valence-electron chi connectivity index (χ4n) is 2.33. The summed E-state index contributed by atoms with van der Waals surface area (Å²) in [4.78, 5) is 2.06. The molecule has 0 fully saturated rings.